The summed E-state index contributed by atoms with van der Waals surface area (Å²) in [4.78, 5) is 0. The molecule has 2 rings (SSSR count). The number of nitrogens with two attached hydrogens (primary N) is 1. The lowest BCUT2D eigenvalue weighted by Crippen LogP contribution is -1.89. The zero-order chi connectivity index (χ0) is 10.1. The topological polar surface area (TPSA) is 51.8 Å². The number of benzene rings is 1. The zero-order valence-electron chi connectivity index (χ0n) is 8.11. The van der Waals surface area contributed by atoms with Gasteiger partial charge in [-0.15, -0.1) is 0 Å². The van der Waals surface area contributed by atoms with Gasteiger partial charge in [0.25, 0.3) is 0 Å². The minimum Gasteiger partial charge on any atom is -0.381 e. The van der Waals surface area contributed by atoms with Crippen LogP contribution in [0.3, 0.4) is 0 Å². The van der Waals surface area contributed by atoms with Crippen molar-refractivity contribution in [1.82, 2.24) is 8.75 Å². The van der Waals surface area contributed by atoms with Gasteiger partial charge in [-0.3, -0.25) is 0 Å². The molecule has 0 aliphatic rings. The largest absolute Gasteiger partial charge is 0.381 e. The van der Waals surface area contributed by atoms with E-state index in [1.54, 1.807) is 0 Å². The zero-order valence-corrected chi connectivity index (χ0v) is 8.93. The minimum absolute atomic E-state index is 0.512. The van der Waals surface area contributed by atoms with Crippen LogP contribution in [0, 0.1) is 13.8 Å². The summed E-state index contributed by atoms with van der Waals surface area (Å²) in [7, 11) is 0. The summed E-state index contributed by atoms with van der Waals surface area (Å²) in [6.45, 7) is 4.16. The predicted octanol–water partition coefficient (Wildman–Crippen LogP) is 2.40. The van der Waals surface area contributed by atoms with E-state index in [2.05, 4.69) is 34.7 Å². The van der Waals surface area contributed by atoms with Gasteiger partial charge in [0, 0.05) is 5.56 Å². The number of hydrogen-bond donors (Lipinski definition) is 1. The summed E-state index contributed by atoms with van der Waals surface area (Å²) >= 11 is 1.15. The van der Waals surface area contributed by atoms with Crippen LogP contribution >= 0.6 is 11.7 Å². The molecule has 3 nitrogen and oxygen atoms in total. The van der Waals surface area contributed by atoms with Crippen LogP contribution in [0.25, 0.3) is 11.3 Å². The molecule has 1 aromatic carbocycles. The van der Waals surface area contributed by atoms with Crippen molar-refractivity contribution in [2.45, 2.75) is 13.8 Å². The normalized spacial score (nSPS) is 10.4. The third kappa shape index (κ3) is 1.48. The number of anilines is 1. The van der Waals surface area contributed by atoms with Gasteiger partial charge < -0.3 is 5.73 Å². The summed E-state index contributed by atoms with van der Waals surface area (Å²) in [5.74, 6) is 0.512. The van der Waals surface area contributed by atoms with Crippen molar-refractivity contribution >= 4 is 17.5 Å². The van der Waals surface area contributed by atoms with Crippen LogP contribution in [0.1, 0.15) is 11.1 Å². The first-order valence-electron chi connectivity index (χ1n) is 4.34. The fraction of sp³-hybridized carbons (Fsp3) is 0.200. The van der Waals surface area contributed by atoms with Crippen LogP contribution in [-0.4, -0.2) is 8.75 Å². The number of aryl methyl sites for hydroxylation is 2. The van der Waals surface area contributed by atoms with Crippen LogP contribution in [0.15, 0.2) is 18.2 Å². The van der Waals surface area contributed by atoms with E-state index in [0.717, 1.165) is 23.0 Å². The first-order valence-corrected chi connectivity index (χ1v) is 5.07. The van der Waals surface area contributed by atoms with E-state index in [4.69, 9.17) is 5.73 Å². The molecular weight excluding hydrogens is 194 g/mol. The Kier molecular flexibility index (Phi) is 2.21. The standard InChI is InChI=1S/C10H11N3S/c1-6-3-4-8(5-7(6)2)9-10(11)13-14-12-9/h3-5H,1-2H3,(H2,11,13). The number of aromatic nitrogens is 2. The summed E-state index contributed by atoms with van der Waals surface area (Å²) < 4.78 is 8.12. The number of hydrogen-bond acceptors (Lipinski definition) is 4. The molecule has 0 bridgehead atoms. The second-order valence-electron chi connectivity index (χ2n) is 3.30. The van der Waals surface area contributed by atoms with Crippen molar-refractivity contribution < 1.29 is 0 Å². The molecule has 2 N–H and O–H groups in total. The number of nitrogens with zero attached hydrogens (tertiary/aromatic N) is 2. The van der Waals surface area contributed by atoms with Crippen LogP contribution in [-0.2, 0) is 0 Å². The van der Waals surface area contributed by atoms with E-state index >= 15 is 0 Å². The Hall–Kier alpha value is -1.42. The van der Waals surface area contributed by atoms with Gasteiger partial charge in [-0.05, 0) is 31.0 Å². The molecule has 0 saturated carbocycles. The lowest BCUT2D eigenvalue weighted by Gasteiger charge is -2.02. The molecule has 0 unspecified atom stereocenters. The average molecular weight is 205 g/mol. The van der Waals surface area contributed by atoms with Crippen LogP contribution < -0.4 is 5.73 Å². The predicted molar refractivity (Wildman–Crippen MR) is 59.2 cm³/mol. The van der Waals surface area contributed by atoms with Crippen molar-refractivity contribution in [2.75, 3.05) is 5.73 Å². The van der Waals surface area contributed by atoms with Crippen molar-refractivity contribution in [1.29, 1.82) is 0 Å². The van der Waals surface area contributed by atoms with E-state index in [1.807, 2.05) is 6.07 Å². The van der Waals surface area contributed by atoms with E-state index in [9.17, 15) is 0 Å². The third-order valence-electron chi connectivity index (χ3n) is 2.29. The summed E-state index contributed by atoms with van der Waals surface area (Å²) in [6.07, 6.45) is 0. The Balaban J connectivity index is 2.53. The Morgan fingerprint density at radius 1 is 1.14 bits per heavy atom. The maximum absolute atomic E-state index is 5.70. The van der Waals surface area contributed by atoms with Gasteiger partial charge in [0.05, 0.1) is 11.7 Å². The molecular formula is C10H11N3S. The molecule has 0 amide bonds. The van der Waals surface area contributed by atoms with Gasteiger partial charge in [-0.25, -0.2) is 0 Å². The molecule has 14 heavy (non-hydrogen) atoms. The Bertz CT molecular complexity index is 462. The van der Waals surface area contributed by atoms with E-state index in [1.165, 1.54) is 11.1 Å². The van der Waals surface area contributed by atoms with Gasteiger partial charge in [-0.1, -0.05) is 12.1 Å². The second-order valence-corrected chi connectivity index (χ2v) is 3.83. The fourth-order valence-electron chi connectivity index (χ4n) is 1.28. The van der Waals surface area contributed by atoms with Gasteiger partial charge in [0.15, 0.2) is 5.82 Å². The van der Waals surface area contributed by atoms with Crippen molar-refractivity contribution in [3.05, 3.63) is 29.3 Å². The Labute approximate surface area is 86.9 Å². The molecule has 0 fully saturated rings. The maximum Gasteiger partial charge on any atom is 0.165 e. The summed E-state index contributed by atoms with van der Waals surface area (Å²) in [5.41, 5.74) is 10.0. The van der Waals surface area contributed by atoms with Crippen LogP contribution in [0.5, 0.6) is 0 Å². The highest BCUT2D eigenvalue weighted by molar-refractivity contribution is 6.99. The van der Waals surface area contributed by atoms with Crippen molar-refractivity contribution in [2.24, 2.45) is 0 Å². The van der Waals surface area contributed by atoms with Crippen LogP contribution in [0.4, 0.5) is 5.82 Å². The molecule has 0 radical (unpaired) electrons. The third-order valence-corrected chi connectivity index (χ3v) is 2.84. The lowest BCUT2D eigenvalue weighted by atomic mass is 10.0. The van der Waals surface area contributed by atoms with Crippen molar-refractivity contribution in [3.63, 3.8) is 0 Å². The molecule has 0 atom stereocenters. The smallest absolute Gasteiger partial charge is 0.165 e. The van der Waals surface area contributed by atoms with Crippen LogP contribution in [0.2, 0.25) is 0 Å². The first-order chi connectivity index (χ1) is 6.68. The molecule has 0 aliphatic carbocycles. The molecule has 0 aliphatic heterocycles. The molecule has 0 saturated heterocycles. The average Bonchev–Trinajstić information content (AvgIpc) is 2.57. The molecule has 2 aromatic rings. The maximum atomic E-state index is 5.70. The number of nitrogen functional groups attached to an aromatic ring is 1. The van der Waals surface area contributed by atoms with Gasteiger partial charge >= 0.3 is 0 Å². The van der Waals surface area contributed by atoms with Gasteiger partial charge in [-0.2, -0.15) is 8.75 Å². The van der Waals surface area contributed by atoms with Gasteiger partial charge in [0.1, 0.15) is 5.69 Å². The molecule has 72 valence electrons. The SMILES string of the molecule is Cc1ccc(-c2nsnc2N)cc1C. The second kappa shape index (κ2) is 3.38. The first kappa shape index (κ1) is 9.15. The quantitative estimate of drug-likeness (QED) is 0.777. The molecule has 4 heteroatoms. The highest BCUT2D eigenvalue weighted by Crippen LogP contribution is 2.25. The summed E-state index contributed by atoms with van der Waals surface area (Å²) in [5, 5.41) is 0. The van der Waals surface area contributed by atoms with E-state index in [-0.39, 0.29) is 0 Å². The van der Waals surface area contributed by atoms with E-state index in [0.29, 0.717) is 5.82 Å². The highest BCUT2D eigenvalue weighted by atomic mass is 32.1. The molecule has 0 spiro atoms. The number of rotatable bonds is 1. The Morgan fingerprint density at radius 3 is 2.50 bits per heavy atom. The lowest BCUT2D eigenvalue weighted by molar-refractivity contribution is 1.33. The fourth-order valence-corrected chi connectivity index (χ4v) is 1.78. The van der Waals surface area contributed by atoms with E-state index < -0.39 is 0 Å². The monoisotopic (exact) mass is 205 g/mol. The molecule has 1 aromatic heterocycles. The van der Waals surface area contributed by atoms with Gasteiger partial charge in [0.2, 0.25) is 0 Å². The summed E-state index contributed by atoms with van der Waals surface area (Å²) in [6, 6.07) is 6.18. The molecule has 1 heterocycles. The Morgan fingerprint density at radius 2 is 1.93 bits per heavy atom. The minimum atomic E-state index is 0.512. The van der Waals surface area contributed by atoms with Crippen molar-refractivity contribution in [3.8, 4) is 11.3 Å². The highest BCUT2D eigenvalue weighted by Gasteiger charge is 2.07.